The molecule has 2 heterocycles. The van der Waals surface area contributed by atoms with Crippen LogP contribution in [0.5, 0.6) is 0 Å². The van der Waals surface area contributed by atoms with Crippen LogP contribution in [0.25, 0.3) is 11.3 Å². The van der Waals surface area contributed by atoms with Gasteiger partial charge in [0.1, 0.15) is 17.0 Å². The summed E-state index contributed by atoms with van der Waals surface area (Å²) in [6.45, 7) is 2.70. The van der Waals surface area contributed by atoms with Crippen molar-refractivity contribution < 1.29 is 26.4 Å². The van der Waals surface area contributed by atoms with Crippen molar-refractivity contribution in [3.8, 4) is 17.3 Å². The molecule has 42 heavy (non-hydrogen) atoms. The standard InChI is InChI=1S/C31H38F2N4O4S/c1-20-18-31(32,33)11-10-23(20)29-35-26(21-6-8-22(9-7-21)37-14-16-42(39,40)17-15-37)27(41-29)24-4-2-3-5-25(24)28(38)36-30(19-34)12-13-30/h6-9,20,23-25H,2-5,10-18H2,1H3,(H,36,38)/t20-,23-,24?,25?/m0/s1. The summed E-state index contributed by atoms with van der Waals surface area (Å²) in [6.07, 6.45) is 4.41. The fourth-order valence-electron chi connectivity index (χ4n) is 6.98. The van der Waals surface area contributed by atoms with E-state index in [1.165, 1.54) is 0 Å². The number of amides is 1. The van der Waals surface area contributed by atoms with Crippen molar-refractivity contribution >= 4 is 21.4 Å². The molecule has 2 aromatic rings. The molecular weight excluding hydrogens is 562 g/mol. The molecule has 4 atom stereocenters. The fourth-order valence-corrected chi connectivity index (χ4v) is 8.18. The van der Waals surface area contributed by atoms with Gasteiger partial charge >= 0.3 is 0 Å². The van der Waals surface area contributed by atoms with E-state index in [1.54, 1.807) is 0 Å². The van der Waals surface area contributed by atoms with Gasteiger partial charge in [-0.1, -0.05) is 31.9 Å². The summed E-state index contributed by atoms with van der Waals surface area (Å²) in [6, 6.07) is 10.0. The minimum Gasteiger partial charge on any atom is -0.444 e. The number of alkyl halides is 2. The number of oxazole rings is 1. The summed E-state index contributed by atoms with van der Waals surface area (Å²) < 4.78 is 58.6. The highest BCUT2D eigenvalue weighted by atomic mass is 32.2. The van der Waals surface area contributed by atoms with E-state index in [-0.39, 0.29) is 60.3 Å². The first-order valence-corrected chi connectivity index (χ1v) is 17.0. The van der Waals surface area contributed by atoms with Crippen LogP contribution < -0.4 is 10.2 Å². The number of hydrogen-bond donors (Lipinski definition) is 1. The van der Waals surface area contributed by atoms with E-state index in [4.69, 9.17) is 9.40 Å². The zero-order chi connectivity index (χ0) is 29.7. The molecule has 6 rings (SSSR count). The van der Waals surface area contributed by atoms with Gasteiger partial charge < -0.3 is 14.6 Å². The number of sulfone groups is 1. The molecular formula is C31H38F2N4O4S. The molecule has 1 amide bonds. The van der Waals surface area contributed by atoms with Gasteiger partial charge in [-0.25, -0.2) is 22.2 Å². The fraction of sp³-hybridized carbons (Fsp3) is 0.645. The number of nitrogens with one attached hydrogen (secondary N) is 1. The normalized spacial score (nSPS) is 29.8. The second-order valence-corrected chi connectivity index (χ2v) is 15.1. The molecule has 8 nitrogen and oxygen atoms in total. The van der Waals surface area contributed by atoms with E-state index in [1.807, 2.05) is 36.1 Å². The van der Waals surface area contributed by atoms with Gasteiger partial charge in [-0.3, -0.25) is 4.79 Å². The first kappa shape index (κ1) is 29.1. The van der Waals surface area contributed by atoms with Crippen LogP contribution in [0.15, 0.2) is 28.7 Å². The Morgan fingerprint density at radius 1 is 1.07 bits per heavy atom. The summed E-state index contributed by atoms with van der Waals surface area (Å²) in [7, 11) is -3.00. The van der Waals surface area contributed by atoms with Crippen LogP contribution in [-0.4, -0.2) is 55.4 Å². The lowest BCUT2D eigenvalue weighted by molar-refractivity contribution is -0.127. The molecule has 0 spiro atoms. The molecule has 0 radical (unpaired) electrons. The Kier molecular flexibility index (Phi) is 7.57. The van der Waals surface area contributed by atoms with Crippen molar-refractivity contribution in [3.05, 3.63) is 35.9 Å². The predicted molar refractivity (Wildman–Crippen MR) is 154 cm³/mol. The Morgan fingerprint density at radius 3 is 2.40 bits per heavy atom. The molecule has 1 aliphatic heterocycles. The smallest absolute Gasteiger partial charge is 0.248 e. The summed E-state index contributed by atoms with van der Waals surface area (Å²) >= 11 is 0. The van der Waals surface area contributed by atoms with Gasteiger partial charge in [-0.2, -0.15) is 5.26 Å². The van der Waals surface area contributed by atoms with Crippen LogP contribution >= 0.6 is 0 Å². The third-order valence-corrected chi connectivity index (χ3v) is 11.3. The molecule has 1 saturated heterocycles. The lowest BCUT2D eigenvalue weighted by Crippen LogP contribution is -2.42. The first-order valence-electron chi connectivity index (χ1n) is 15.2. The Labute approximate surface area is 245 Å². The van der Waals surface area contributed by atoms with Crippen LogP contribution in [0.2, 0.25) is 0 Å². The Balaban J connectivity index is 1.33. The van der Waals surface area contributed by atoms with Crippen molar-refractivity contribution in [3.63, 3.8) is 0 Å². The Hall–Kier alpha value is -3.00. The average Bonchev–Trinajstić information content (AvgIpc) is 3.60. The zero-order valence-electron chi connectivity index (χ0n) is 24.0. The van der Waals surface area contributed by atoms with E-state index in [9.17, 15) is 27.3 Å². The number of halogens is 2. The van der Waals surface area contributed by atoms with Crippen molar-refractivity contribution in [1.82, 2.24) is 10.3 Å². The van der Waals surface area contributed by atoms with E-state index < -0.39 is 21.3 Å². The summed E-state index contributed by atoms with van der Waals surface area (Å²) in [5, 5.41) is 12.5. The monoisotopic (exact) mass is 600 g/mol. The lowest BCUT2D eigenvalue weighted by atomic mass is 9.76. The topological polar surface area (TPSA) is 116 Å². The second kappa shape index (κ2) is 10.9. The van der Waals surface area contributed by atoms with Crippen LogP contribution in [-0.2, 0) is 14.6 Å². The van der Waals surface area contributed by atoms with Gasteiger partial charge in [-0.05, 0) is 50.2 Å². The maximum Gasteiger partial charge on any atom is 0.248 e. The number of anilines is 1. The molecule has 4 fully saturated rings. The Morgan fingerprint density at radius 2 is 1.76 bits per heavy atom. The summed E-state index contributed by atoms with van der Waals surface area (Å²) in [4.78, 5) is 20.5. The van der Waals surface area contributed by atoms with Gasteiger partial charge in [0.25, 0.3) is 0 Å². The van der Waals surface area contributed by atoms with Crippen molar-refractivity contribution in [2.24, 2.45) is 11.8 Å². The van der Waals surface area contributed by atoms with E-state index in [0.717, 1.165) is 30.5 Å². The molecule has 0 bridgehead atoms. The predicted octanol–water partition coefficient (Wildman–Crippen LogP) is 5.56. The molecule has 226 valence electrons. The van der Waals surface area contributed by atoms with Gasteiger partial charge in [0.2, 0.25) is 11.8 Å². The van der Waals surface area contributed by atoms with E-state index >= 15 is 0 Å². The quantitative estimate of drug-likeness (QED) is 0.461. The van der Waals surface area contributed by atoms with Gasteiger partial charge in [0.15, 0.2) is 15.7 Å². The van der Waals surface area contributed by atoms with Crippen LogP contribution in [0.1, 0.15) is 88.2 Å². The van der Waals surface area contributed by atoms with Crippen LogP contribution in [0, 0.1) is 23.2 Å². The third-order valence-electron chi connectivity index (χ3n) is 9.73. The molecule has 2 unspecified atom stereocenters. The maximum absolute atomic E-state index is 14.2. The van der Waals surface area contributed by atoms with Gasteiger partial charge in [0.05, 0.1) is 17.6 Å². The SMILES string of the molecule is C[C@H]1CC(F)(F)CC[C@@H]1c1nc(-c2ccc(N3CCS(=O)(=O)CC3)cc2)c(C2CCCCC2C(=O)NC2(C#N)CC2)o1. The average molecular weight is 601 g/mol. The van der Waals surface area contributed by atoms with Gasteiger partial charge in [-0.15, -0.1) is 0 Å². The van der Waals surface area contributed by atoms with Crippen LogP contribution in [0.3, 0.4) is 0 Å². The molecule has 1 aromatic carbocycles. The number of benzene rings is 1. The number of carbonyl (C=O) groups is 1. The first-order chi connectivity index (χ1) is 20.0. The molecule has 1 aromatic heterocycles. The minimum atomic E-state index is -3.00. The van der Waals surface area contributed by atoms with Crippen molar-refractivity contribution in [2.75, 3.05) is 29.5 Å². The Bertz CT molecular complexity index is 1470. The zero-order valence-corrected chi connectivity index (χ0v) is 24.8. The van der Waals surface area contributed by atoms with Crippen molar-refractivity contribution in [2.45, 2.75) is 88.0 Å². The van der Waals surface area contributed by atoms with E-state index in [0.29, 0.717) is 49.7 Å². The molecule has 1 N–H and O–H groups in total. The lowest BCUT2D eigenvalue weighted by Gasteiger charge is -2.32. The second-order valence-electron chi connectivity index (χ2n) is 12.8. The summed E-state index contributed by atoms with van der Waals surface area (Å²) in [5.41, 5.74) is 1.60. The van der Waals surface area contributed by atoms with Crippen LogP contribution in [0.4, 0.5) is 14.5 Å². The molecule has 4 aliphatic rings. The van der Waals surface area contributed by atoms with E-state index in [2.05, 4.69) is 11.4 Å². The highest BCUT2D eigenvalue weighted by molar-refractivity contribution is 7.91. The number of aromatic nitrogens is 1. The maximum atomic E-state index is 14.2. The number of rotatable bonds is 6. The molecule has 11 heteroatoms. The van der Waals surface area contributed by atoms with Crippen molar-refractivity contribution in [1.29, 1.82) is 5.26 Å². The highest BCUT2D eigenvalue weighted by Gasteiger charge is 2.48. The number of nitrogens with zero attached hydrogens (tertiary/aromatic N) is 3. The minimum absolute atomic E-state index is 0.127. The molecule has 3 saturated carbocycles. The number of carbonyl (C=O) groups excluding carboxylic acids is 1. The number of hydrogen-bond acceptors (Lipinski definition) is 7. The third kappa shape index (κ3) is 5.92. The number of nitriles is 1. The summed E-state index contributed by atoms with van der Waals surface area (Å²) in [5.74, 6) is -2.65. The van der Waals surface area contributed by atoms with Gasteiger partial charge in [0, 0.05) is 54.9 Å². The largest absolute Gasteiger partial charge is 0.444 e. The molecule has 3 aliphatic carbocycles. The highest BCUT2D eigenvalue weighted by Crippen LogP contribution is 2.48.